The van der Waals surface area contributed by atoms with E-state index in [1.165, 1.54) is 26.2 Å². The molecule has 1 aliphatic rings. The molecule has 0 aliphatic carbocycles. The lowest BCUT2D eigenvalue weighted by Crippen LogP contribution is -2.44. The Hall–Kier alpha value is -3.06. The third-order valence-electron chi connectivity index (χ3n) is 4.64. The Balaban J connectivity index is 1.99. The number of ether oxygens (including phenoxy) is 3. The fourth-order valence-corrected chi connectivity index (χ4v) is 3.01. The molecule has 142 valence electrons. The van der Waals surface area contributed by atoms with Gasteiger partial charge in [0.05, 0.1) is 12.7 Å². The molecule has 0 fully saturated rings. The maximum atomic E-state index is 12.2. The number of esters is 1. The Kier molecular flexibility index (Phi) is 5.05. The average Bonchev–Trinajstić information content (AvgIpc) is 3.01. The molecule has 2 aromatic carbocycles. The van der Waals surface area contributed by atoms with Crippen molar-refractivity contribution in [1.82, 2.24) is 0 Å². The van der Waals surface area contributed by atoms with Crippen LogP contribution < -0.4 is 9.47 Å². The third-order valence-corrected chi connectivity index (χ3v) is 4.64. The summed E-state index contributed by atoms with van der Waals surface area (Å²) in [7, 11) is 1.44. The van der Waals surface area contributed by atoms with Gasteiger partial charge in [0.2, 0.25) is 5.60 Å². The minimum Gasteiger partial charge on any atom is -0.493 e. The first-order valence-electron chi connectivity index (χ1n) is 8.46. The first-order valence-corrected chi connectivity index (χ1v) is 8.46. The van der Waals surface area contributed by atoms with Gasteiger partial charge in [-0.2, -0.15) is 0 Å². The van der Waals surface area contributed by atoms with Gasteiger partial charge in [0.25, 0.3) is 0 Å². The first kappa shape index (κ1) is 18.7. The van der Waals surface area contributed by atoms with Gasteiger partial charge < -0.3 is 24.4 Å². The Morgan fingerprint density at radius 3 is 2.52 bits per heavy atom. The highest BCUT2D eigenvalue weighted by atomic mass is 16.6. The number of carbonyl (C=O) groups is 2. The highest BCUT2D eigenvalue weighted by Gasteiger charge is 2.51. The summed E-state index contributed by atoms with van der Waals surface area (Å²) in [5, 5.41) is 20.0. The van der Waals surface area contributed by atoms with E-state index in [2.05, 4.69) is 0 Å². The van der Waals surface area contributed by atoms with E-state index in [1.54, 1.807) is 0 Å². The second-order valence-electron chi connectivity index (χ2n) is 6.23. The van der Waals surface area contributed by atoms with E-state index in [-0.39, 0.29) is 24.2 Å². The highest BCUT2D eigenvalue weighted by molar-refractivity contribution is 5.96. The van der Waals surface area contributed by atoms with Crippen LogP contribution >= 0.6 is 0 Å². The maximum absolute atomic E-state index is 12.2. The van der Waals surface area contributed by atoms with Crippen molar-refractivity contribution < 1.29 is 34.0 Å². The molecular weight excluding hydrogens is 352 g/mol. The van der Waals surface area contributed by atoms with Gasteiger partial charge in [-0.25, -0.2) is 9.59 Å². The van der Waals surface area contributed by atoms with Crippen molar-refractivity contribution in [1.29, 1.82) is 0 Å². The number of aliphatic hydroxyl groups is 1. The minimum absolute atomic E-state index is 0.133. The molecule has 2 atom stereocenters. The molecule has 1 heterocycles. The summed E-state index contributed by atoms with van der Waals surface area (Å²) in [4.78, 5) is 23.8. The number of methoxy groups -OCH3 is 1. The van der Waals surface area contributed by atoms with E-state index >= 15 is 0 Å². The van der Waals surface area contributed by atoms with Crippen LogP contribution in [0.1, 0.15) is 40.9 Å². The molecule has 2 N–H and O–H groups in total. The number of carboxylic acid groups (broad SMARTS) is 1. The predicted molar refractivity (Wildman–Crippen MR) is 94.8 cm³/mol. The third kappa shape index (κ3) is 3.33. The van der Waals surface area contributed by atoms with E-state index < -0.39 is 23.6 Å². The normalized spacial score (nSPS) is 17.6. The van der Waals surface area contributed by atoms with Gasteiger partial charge in [-0.3, -0.25) is 0 Å². The summed E-state index contributed by atoms with van der Waals surface area (Å²) >= 11 is 0. The summed E-state index contributed by atoms with van der Waals surface area (Å²) in [5.74, 6) is -1.53. The van der Waals surface area contributed by atoms with Gasteiger partial charge in [0.15, 0.2) is 17.6 Å². The van der Waals surface area contributed by atoms with E-state index in [1.807, 2.05) is 30.3 Å². The molecule has 0 amide bonds. The Morgan fingerprint density at radius 2 is 1.93 bits per heavy atom. The van der Waals surface area contributed by atoms with Gasteiger partial charge in [0, 0.05) is 5.56 Å². The quantitative estimate of drug-likeness (QED) is 0.721. The van der Waals surface area contributed by atoms with Crippen LogP contribution in [0.3, 0.4) is 0 Å². The molecule has 1 aliphatic heterocycles. The summed E-state index contributed by atoms with van der Waals surface area (Å²) in [6.45, 7) is 1.77. The summed E-state index contributed by atoms with van der Waals surface area (Å²) in [6.07, 6.45) is -1.46. The van der Waals surface area contributed by atoms with Crippen LogP contribution in [0.15, 0.2) is 42.5 Å². The lowest BCUT2D eigenvalue weighted by atomic mass is 9.88. The molecule has 2 aromatic rings. The Labute approximate surface area is 156 Å². The fraction of sp³-hybridized carbons (Fsp3) is 0.300. The zero-order valence-electron chi connectivity index (χ0n) is 15.0. The van der Waals surface area contributed by atoms with E-state index in [4.69, 9.17) is 14.2 Å². The zero-order valence-corrected chi connectivity index (χ0v) is 15.0. The SMILES string of the molecule is CC[C@@](O)(C(=O)O)[C@@H]1OC(=O)c2cc(OC)c(OCc3ccccc3)cc21. The lowest BCUT2D eigenvalue weighted by molar-refractivity contribution is -0.172. The molecule has 0 saturated carbocycles. The van der Waals surface area contributed by atoms with Crippen molar-refractivity contribution in [3.8, 4) is 11.5 Å². The second-order valence-corrected chi connectivity index (χ2v) is 6.23. The number of hydrogen-bond donors (Lipinski definition) is 2. The number of aliphatic carboxylic acids is 1. The van der Waals surface area contributed by atoms with E-state index in [0.717, 1.165) is 5.56 Å². The van der Waals surface area contributed by atoms with E-state index in [0.29, 0.717) is 11.5 Å². The van der Waals surface area contributed by atoms with Crippen LogP contribution in [0.4, 0.5) is 0 Å². The lowest BCUT2D eigenvalue weighted by Gasteiger charge is -2.27. The summed E-state index contributed by atoms with van der Waals surface area (Å²) < 4.78 is 16.3. The van der Waals surface area contributed by atoms with Crippen molar-refractivity contribution in [2.75, 3.05) is 7.11 Å². The molecule has 27 heavy (non-hydrogen) atoms. The number of fused-ring (bicyclic) bond motifs is 1. The topological polar surface area (TPSA) is 102 Å². The van der Waals surface area contributed by atoms with Crippen LogP contribution in [0.5, 0.6) is 11.5 Å². The number of rotatable bonds is 7. The molecule has 7 heteroatoms. The molecule has 3 rings (SSSR count). The average molecular weight is 372 g/mol. The van der Waals surface area contributed by atoms with Crippen LogP contribution in [0.2, 0.25) is 0 Å². The van der Waals surface area contributed by atoms with Gasteiger partial charge in [-0.15, -0.1) is 0 Å². The van der Waals surface area contributed by atoms with Gasteiger partial charge >= 0.3 is 11.9 Å². The Morgan fingerprint density at radius 1 is 1.22 bits per heavy atom. The van der Waals surface area contributed by atoms with Crippen molar-refractivity contribution >= 4 is 11.9 Å². The molecule has 0 radical (unpaired) electrons. The summed E-state index contributed by atoms with van der Waals surface area (Å²) in [5.41, 5.74) is -0.890. The Bertz CT molecular complexity index is 862. The number of carbonyl (C=O) groups excluding carboxylic acids is 1. The predicted octanol–water partition coefficient (Wildman–Crippen LogP) is 2.71. The minimum atomic E-state index is -2.23. The molecule has 7 nitrogen and oxygen atoms in total. The zero-order chi connectivity index (χ0) is 19.6. The van der Waals surface area contributed by atoms with Gasteiger partial charge in [0.1, 0.15) is 6.61 Å². The van der Waals surface area contributed by atoms with Crippen molar-refractivity contribution in [2.45, 2.75) is 31.7 Å². The monoisotopic (exact) mass is 372 g/mol. The second kappa shape index (κ2) is 7.28. The molecule has 0 unspecified atom stereocenters. The number of cyclic esters (lactones) is 1. The van der Waals surface area contributed by atoms with Crippen LogP contribution in [-0.4, -0.2) is 34.9 Å². The van der Waals surface area contributed by atoms with E-state index in [9.17, 15) is 19.8 Å². The summed E-state index contributed by atoms with van der Waals surface area (Å²) in [6, 6.07) is 12.4. The molecule has 0 spiro atoms. The van der Waals surface area contributed by atoms with Crippen molar-refractivity contribution in [2.24, 2.45) is 0 Å². The highest BCUT2D eigenvalue weighted by Crippen LogP contribution is 2.44. The van der Waals surface area contributed by atoms with Crippen LogP contribution in [0, 0.1) is 0 Å². The van der Waals surface area contributed by atoms with Crippen LogP contribution in [-0.2, 0) is 16.1 Å². The molecular formula is C20H20O7. The van der Waals surface area contributed by atoms with Gasteiger partial charge in [-0.1, -0.05) is 37.3 Å². The smallest absolute Gasteiger partial charge is 0.340 e. The molecule has 0 saturated heterocycles. The molecule has 0 aromatic heterocycles. The van der Waals surface area contributed by atoms with Gasteiger partial charge in [-0.05, 0) is 24.1 Å². The van der Waals surface area contributed by atoms with Crippen LogP contribution in [0.25, 0.3) is 0 Å². The standard InChI is InChI=1S/C20H20O7/c1-3-20(24,19(22)23)17-13-9-16(26-11-12-7-5-4-6-8-12)15(25-2)10-14(13)18(21)27-17/h4-10,17,24H,3,11H2,1-2H3,(H,22,23)/t17-,20+/m1/s1. The fourth-order valence-electron chi connectivity index (χ4n) is 3.01. The van der Waals surface area contributed by atoms with Crippen molar-refractivity contribution in [3.05, 3.63) is 59.2 Å². The number of carboxylic acids is 1. The number of benzene rings is 2. The maximum Gasteiger partial charge on any atom is 0.340 e. The molecule has 0 bridgehead atoms. The number of hydrogen-bond acceptors (Lipinski definition) is 6. The first-order chi connectivity index (χ1) is 12.9. The largest absolute Gasteiger partial charge is 0.493 e. The van der Waals surface area contributed by atoms with Crippen molar-refractivity contribution in [3.63, 3.8) is 0 Å².